The molecule has 2 saturated carbocycles. The van der Waals surface area contributed by atoms with Crippen molar-refractivity contribution in [2.24, 2.45) is 22.7 Å². The van der Waals surface area contributed by atoms with Crippen LogP contribution < -0.4 is 0 Å². The zero-order chi connectivity index (χ0) is 14.9. The molecule has 2 fully saturated rings. The normalized spacial score (nSPS) is 44.6. The summed E-state index contributed by atoms with van der Waals surface area (Å²) in [5.74, 6) is 1.75. The van der Waals surface area contributed by atoms with Crippen molar-refractivity contribution < 1.29 is 4.42 Å². The molecule has 0 saturated heterocycles. The Kier molecular flexibility index (Phi) is 2.77. The van der Waals surface area contributed by atoms with E-state index in [0.29, 0.717) is 16.2 Å². The Labute approximate surface area is 129 Å². The number of fused-ring (bicyclic) bond motifs is 5. The highest BCUT2D eigenvalue weighted by atomic mass is 16.3. The summed E-state index contributed by atoms with van der Waals surface area (Å²) in [4.78, 5) is 0. The lowest BCUT2D eigenvalue weighted by atomic mass is 9.41. The van der Waals surface area contributed by atoms with Crippen molar-refractivity contribution in [3.63, 3.8) is 0 Å². The van der Waals surface area contributed by atoms with Crippen LogP contribution >= 0.6 is 0 Å². The zero-order valence-corrected chi connectivity index (χ0v) is 14.2. The molecule has 1 heteroatoms. The maximum Gasteiger partial charge on any atom is 0.0943 e. The van der Waals surface area contributed by atoms with Crippen molar-refractivity contribution in [2.45, 2.75) is 78.1 Å². The largest absolute Gasteiger partial charge is 0.472 e. The van der Waals surface area contributed by atoms with Crippen LogP contribution in [-0.4, -0.2) is 0 Å². The number of furan rings is 1. The molecule has 4 atom stereocenters. The molecule has 1 nitrogen and oxygen atoms in total. The van der Waals surface area contributed by atoms with Crippen LogP contribution in [0.5, 0.6) is 0 Å². The van der Waals surface area contributed by atoms with Gasteiger partial charge in [0.05, 0.1) is 12.5 Å². The summed E-state index contributed by atoms with van der Waals surface area (Å²) in [6, 6.07) is 0. The minimum Gasteiger partial charge on any atom is -0.472 e. The first-order valence-corrected chi connectivity index (χ1v) is 8.93. The number of aryl methyl sites for hydroxylation is 1. The monoisotopic (exact) mass is 286 g/mol. The first-order valence-electron chi connectivity index (χ1n) is 8.93. The van der Waals surface area contributed by atoms with Gasteiger partial charge in [-0.2, -0.15) is 0 Å². The van der Waals surface area contributed by atoms with Gasteiger partial charge >= 0.3 is 0 Å². The van der Waals surface area contributed by atoms with E-state index in [1.54, 1.807) is 5.56 Å². The van der Waals surface area contributed by atoms with Gasteiger partial charge in [0.2, 0.25) is 0 Å². The SMILES string of the molecule is CC1(C)CCC[C@@]2(C)C1CC[C@@]1(C)c3cocc3CCC21. The van der Waals surface area contributed by atoms with Crippen LogP contribution in [0.25, 0.3) is 0 Å². The van der Waals surface area contributed by atoms with E-state index in [-0.39, 0.29) is 0 Å². The van der Waals surface area contributed by atoms with Crippen LogP contribution in [-0.2, 0) is 11.8 Å². The van der Waals surface area contributed by atoms with Gasteiger partial charge in [-0.25, -0.2) is 0 Å². The van der Waals surface area contributed by atoms with E-state index in [1.165, 1.54) is 50.5 Å². The molecule has 0 aliphatic heterocycles. The van der Waals surface area contributed by atoms with Crippen molar-refractivity contribution in [3.8, 4) is 0 Å². The quantitative estimate of drug-likeness (QED) is 0.594. The Morgan fingerprint density at radius 2 is 1.76 bits per heavy atom. The first kappa shape index (κ1) is 13.9. The molecule has 1 aromatic heterocycles. The lowest BCUT2D eigenvalue weighted by molar-refractivity contribution is -0.110. The second kappa shape index (κ2) is 4.18. The predicted octanol–water partition coefficient (Wildman–Crippen LogP) is 5.73. The molecular formula is C20H30O. The highest BCUT2D eigenvalue weighted by Gasteiger charge is 2.59. The smallest absolute Gasteiger partial charge is 0.0943 e. The van der Waals surface area contributed by atoms with E-state index in [0.717, 1.165) is 11.8 Å². The van der Waals surface area contributed by atoms with Crippen molar-refractivity contribution in [3.05, 3.63) is 23.7 Å². The summed E-state index contributed by atoms with van der Waals surface area (Å²) >= 11 is 0. The van der Waals surface area contributed by atoms with E-state index in [1.807, 2.05) is 6.26 Å². The third-order valence-corrected chi connectivity index (χ3v) is 7.85. The van der Waals surface area contributed by atoms with Gasteiger partial charge in [0, 0.05) is 0 Å². The number of rotatable bonds is 0. The van der Waals surface area contributed by atoms with Crippen molar-refractivity contribution in [1.29, 1.82) is 0 Å². The first-order chi connectivity index (χ1) is 9.88. The van der Waals surface area contributed by atoms with Crippen molar-refractivity contribution in [1.82, 2.24) is 0 Å². The van der Waals surface area contributed by atoms with Gasteiger partial charge < -0.3 is 4.42 Å². The molecule has 3 aliphatic rings. The van der Waals surface area contributed by atoms with Gasteiger partial charge in [-0.3, -0.25) is 0 Å². The average molecular weight is 286 g/mol. The van der Waals surface area contributed by atoms with Crippen LogP contribution in [0.3, 0.4) is 0 Å². The van der Waals surface area contributed by atoms with Crippen molar-refractivity contribution in [2.75, 3.05) is 0 Å². The Morgan fingerprint density at radius 3 is 2.57 bits per heavy atom. The van der Waals surface area contributed by atoms with Crippen LogP contribution in [0.1, 0.15) is 77.3 Å². The highest BCUT2D eigenvalue weighted by molar-refractivity contribution is 5.36. The molecule has 0 spiro atoms. The fourth-order valence-corrected chi connectivity index (χ4v) is 6.94. The van der Waals surface area contributed by atoms with Crippen molar-refractivity contribution >= 4 is 0 Å². The van der Waals surface area contributed by atoms with Gasteiger partial charge in [0.25, 0.3) is 0 Å². The Morgan fingerprint density at radius 1 is 0.952 bits per heavy atom. The summed E-state index contributed by atoms with van der Waals surface area (Å²) in [6.45, 7) is 10.2. The third kappa shape index (κ3) is 1.69. The molecule has 0 radical (unpaired) electrons. The fraction of sp³-hybridized carbons (Fsp3) is 0.800. The second-order valence-corrected chi connectivity index (χ2v) is 9.26. The minimum atomic E-state index is 0.360. The Hall–Kier alpha value is -0.720. The Bertz CT molecular complexity index is 554. The lowest BCUT2D eigenvalue weighted by Crippen LogP contribution is -2.57. The molecule has 1 heterocycles. The standard InChI is InChI=1S/C20H30O/c1-18(2)9-5-10-20(4)16(18)8-11-19(3)15-13-21-12-14(15)6-7-17(19)20/h12-13,16-17H,5-11H2,1-4H3/t16?,17?,19-,20-/m0/s1. The minimum absolute atomic E-state index is 0.360. The summed E-state index contributed by atoms with van der Waals surface area (Å²) in [7, 11) is 0. The van der Waals surface area contributed by atoms with E-state index in [2.05, 4.69) is 34.0 Å². The Balaban J connectivity index is 1.80. The van der Waals surface area contributed by atoms with E-state index in [4.69, 9.17) is 4.42 Å². The fourth-order valence-electron chi connectivity index (χ4n) is 6.94. The van der Waals surface area contributed by atoms with Gasteiger partial charge in [0.1, 0.15) is 0 Å². The van der Waals surface area contributed by atoms with Gasteiger partial charge in [-0.05, 0) is 77.7 Å². The molecule has 4 rings (SSSR count). The summed E-state index contributed by atoms with van der Waals surface area (Å²) in [6.07, 6.45) is 13.7. The molecule has 0 N–H and O–H groups in total. The van der Waals surface area contributed by atoms with E-state index < -0.39 is 0 Å². The molecule has 2 unspecified atom stereocenters. The van der Waals surface area contributed by atoms with E-state index >= 15 is 0 Å². The van der Waals surface area contributed by atoms with Crippen LogP contribution in [0.2, 0.25) is 0 Å². The number of hydrogen-bond acceptors (Lipinski definition) is 1. The molecular weight excluding hydrogens is 256 g/mol. The topological polar surface area (TPSA) is 13.1 Å². The molecule has 3 aliphatic carbocycles. The van der Waals surface area contributed by atoms with Crippen LogP contribution in [0.4, 0.5) is 0 Å². The molecule has 116 valence electrons. The summed E-state index contributed by atoms with van der Waals surface area (Å²) in [5.41, 5.74) is 4.46. The molecule has 1 aromatic rings. The maximum atomic E-state index is 5.59. The van der Waals surface area contributed by atoms with Crippen LogP contribution in [0.15, 0.2) is 16.9 Å². The van der Waals surface area contributed by atoms with Crippen LogP contribution in [0, 0.1) is 22.7 Å². The van der Waals surface area contributed by atoms with Gasteiger partial charge in [-0.1, -0.05) is 34.1 Å². The molecule has 0 amide bonds. The zero-order valence-electron chi connectivity index (χ0n) is 14.2. The third-order valence-electron chi connectivity index (χ3n) is 7.85. The predicted molar refractivity (Wildman–Crippen MR) is 86.3 cm³/mol. The maximum absolute atomic E-state index is 5.59. The lowest BCUT2D eigenvalue weighted by Gasteiger charge is -2.63. The summed E-state index contributed by atoms with van der Waals surface area (Å²) < 4.78 is 5.59. The highest BCUT2D eigenvalue weighted by Crippen LogP contribution is 2.66. The van der Waals surface area contributed by atoms with E-state index in [9.17, 15) is 0 Å². The molecule has 0 bridgehead atoms. The van der Waals surface area contributed by atoms with Gasteiger partial charge in [0.15, 0.2) is 0 Å². The molecule has 0 aromatic carbocycles. The average Bonchev–Trinajstić information content (AvgIpc) is 2.86. The summed E-state index contributed by atoms with van der Waals surface area (Å²) in [5, 5.41) is 0. The number of hydrogen-bond donors (Lipinski definition) is 0. The molecule has 21 heavy (non-hydrogen) atoms. The second-order valence-electron chi connectivity index (χ2n) is 9.26. The van der Waals surface area contributed by atoms with Gasteiger partial charge in [-0.15, -0.1) is 0 Å².